The lowest BCUT2D eigenvalue weighted by Gasteiger charge is -2.12. The number of methoxy groups -OCH3 is 1. The van der Waals surface area contributed by atoms with Gasteiger partial charge in [0.25, 0.3) is 0 Å². The summed E-state index contributed by atoms with van der Waals surface area (Å²) in [4.78, 5) is 19.3. The molecule has 0 spiro atoms. The number of carbonyl (C=O) groups is 1. The van der Waals surface area contributed by atoms with Crippen LogP contribution in [0.5, 0.6) is 17.4 Å². The number of nitrogens with one attached hydrogen (secondary N) is 1. The van der Waals surface area contributed by atoms with Crippen LogP contribution in [0.15, 0.2) is 30.6 Å². The third-order valence-electron chi connectivity index (χ3n) is 3.49. The van der Waals surface area contributed by atoms with Gasteiger partial charge < -0.3 is 19.5 Å². The Morgan fingerprint density at radius 3 is 2.62 bits per heavy atom. The average molecular weight is 359 g/mol. The topological polar surface area (TPSA) is 82.6 Å². The zero-order valence-electron chi connectivity index (χ0n) is 15.6. The molecular formula is C19H25N3O4. The summed E-state index contributed by atoms with van der Waals surface area (Å²) in [7, 11) is 1.58. The number of hydrogen-bond donors (Lipinski definition) is 1. The van der Waals surface area contributed by atoms with Crippen LogP contribution in [0, 0.1) is 0 Å². The predicted octanol–water partition coefficient (Wildman–Crippen LogP) is 2.99. The van der Waals surface area contributed by atoms with E-state index in [9.17, 15) is 4.79 Å². The second-order valence-electron chi connectivity index (χ2n) is 5.98. The van der Waals surface area contributed by atoms with Crippen molar-refractivity contribution in [3.05, 3.63) is 41.9 Å². The fraction of sp³-hybridized carbons (Fsp3) is 0.421. The zero-order valence-corrected chi connectivity index (χ0v) is 15.6. The van der Waals surface area contributed by atoms with Crippen molar-refractivity contribution in [3.8, 4) is 17.4 Å². The summed E-state index contributed by atoms with van der Waals surface area (Å²) in [6, 6.07) is 5.68. The Labute approximate surface area is 153 Å². The first kappa shape index (κ1) is 19.8. The lowest BCUT2D eigenvalue weighted by molar-refractivity contribution is 0.0807. The highest BCUT2D eigenvalue weighted by atomic mass is 16.5. The van der Waals surface area contributed by atoms with Crippen LogP contribution in [0.1, 0.15) is 36.8 Å². The minimum absolute atomic E-state index is 0.141. The number of carbonyl (C=O) groups excluding carboxylic acids is 1. The van der Waals surface area contributed by atoms with Crippen molar-refractivity contribution >= 4 is 5.78 Å². The predicted molar refractivity (Wildman–Crippen MR) is 97.9 cm³/mol. The van der Waals surface area contributed by atoms with Crippen LogP contribution in [0.4, 0.5) is 0 Å². The monoisotopic (exact) mass is 359 g/mol. The molecule has 0 bridgehead atoms. The van der Waals surface area contributed by atoms with Gasteiger partial charge in [0.2, 0.25) is 5.88 Å². The molecule has 0 aliphatic heterocycles. The lowest BCUT2D eigenvalue weighted by Crippen LogP contribution is -2.20. The minimum atomic E-state index is -0.141. The van der Waals surface area contributed by atoms with Gasteiger partial charge in [0.05, 0.1) is 32.2 Å². The van der Waals surface area contributed by atoms with Crippen molar-refractivity contribution in [1.82, 2.24) is 15.3 Å². The number of ether oxygens (including phenoxy) is 3. The molecule has 0 fully saturated rings. The standard InChI is InChI=1S/C19H25N3O4/c1-13(2)25-8-7-20-10-15-5-6-17(18(9-15)24-4)26-19-12-21-16(11-22-19)14(3)23/h5-6,9,11-13,20H,7-8,10H2,1-4H3. The summed E-state index contributed by atoms with van der Waals surface area (Å²) in [6.45, 7) is 7.62. The molecule has 1 aromatic heterocycles. The highest BCUT2D eigenvalue weighted by molar-refractivity contribution is 5.91. The maximum Gasteiger partial charge on any atom is 0.238 e. The summed E-state index contributed by atoms with van der Waals surface area (Å²) >= 11 is 0. The summed E-state index contributed by atoms with van der Waals surface area (Å²) < 4.78 is 16.6. The molecule has 0 amide bonds. The van der Waals surface area contributed by atoms with E-state index in [1.54, 1.807) is 7.11 Å². The Kier molecular flexibility index (Phi) is 7.50. The fourth-order valence-corrected chi connectivity index (χ4v) is 2.17. The molecule has 140 valence electrons. The fourth-order valence-electron chi connectivity index (χ4n) is 2.17. The molecule has 0 saturated heterocycles. The van der Waals surface area contributed by atoms with Crippen LogP contribution in [-0.4, -0.2) is 42.1 Å². The lowest BCUT2D eigenvalue weighted by atomic mass is 10.2. The highest BCUT2D eigenvalue weighted by Crippen LogP contribution is 2.31. The maximum absolute atomic E-state index is 11.2. The molecule has 0 radical (unpaired) electrons. The average Bonchev–Trinajstić information content (AvgIpc) is 2.62. The first-order valence-corrected chi connectivity index (χ1v) is 8.49. The number of rotatable bonds is 10. The van der Waals surface area contributed by atoms with Gasteiger partial charge in [0.1, 0.15) is 5.69 Å². The Bertz CT molecular complexity index is 717. The first-order valence-electron chi connectivity index (χ1n) is 8.49. The van der Waals surface area contributed by atoms with Gasteiger partial charge in [-0.3, -0.25) is 4.79 Å². The number of aromatic nitrogens is 2. The van der Waals surface area contributed by atoms with Crippen molar-refractivity contribution in [3.63, 3.8) is 0 Å². The molecule has 1 heterocycles. The molecule has 0 aliphatic rings. The third kappa shape index (κ3) is 6.09. The van der Waals surface area contributed by atoms with Crippen molar-refractivity contribution in [1.29, 1.82) is 0 Å². The molecule has 0 aliphatic carbocycles. The summed E-state index contributed by atoms with van der Waals surface area (Å²) in [6.07, 6.45) is 3.04. The van der Waals surface area contributed by atoms with E-state index in [2.05, 4.69) is 15.3 Å². The van der Waals surface area contributed by atoms with Crippen LogP contribution in [-0.2, 0) is 11.3 Å². The van der Waals surface area contributed by atoms with Crippen LogP contribution >= 0.6 is 0 Å². The van der Waals surface area contributed by atoms with Crippen molar-refractivity contribution in [2.75, 3.05) is 20.3 Å². The van der Waals surface area contributed by atoms with E-state index >= 15 is 0 Å². The van der Waals surface area contributed by atoms with Gasteiger partial charge in [-0.1, -0.05) is 6.07 Å². The van der Waals surface area contributed by atoms with Crippen molar-refractivity contribution < 1.29 is 19.0 Å². The van der Waals surface area contributed by atoms with E-state index in [-0.39, 0.29) is 11.9 Å². The second kappa shape index (κ2) is 9.84. The summed E-state index contributed by atoms with van der Waals surface area (Å²) in [5.74, 6) is 1.28. The molecular weight excluding hydrogens is 334 g/mol. The molecule has 0 atom stereocenters. The smallest absolute Gasteiger partial charge is 0.238 e. The SMILES string of the molecule is COc1cc(CNCCOC(C)C)ccc1Oc1cnc(C(C)=O)cn1. The van der Waals surface area contributed by atoms with E-state index in [4.69, 9.17) is 14.2 Å². The molecule has 1 aromatic carbocycles. The van der Waals surface area contributed by atoms with Crippen LogP contribution in [0.25, 0.3) is 0 Å². The Morgan fingerprint density at radius 1 is 1.19 bits per heavy atom. The number of benzene rings is 1. The van der Waals surface area contributed by atoms with Gasteiger partial charge in [0, 0.05) is 20.0 Å². The number of hydrogen-bond acceptors (Lipinski definition) is 7. The Hall–Kier alpha value is -2.51. The van der Waals surface area contributed by atoms with Crippen LogP contribution in [0.3, 0.4) is 0 Å². The highest BCUT2D eigenvalue weighted by Gasteiger charge is 2.09. The molecule has 1 N–H and O–H groups in total. The van der Waals surface area contributed by atoms with Gasteiger partial charge in [0.15, 0.2) is 17.3 Å². The molecule has 0 unspecified atom stereocenters. The first-order chi connectivity index (χ1) is 12.5. The van der Waals surface area contributed by atoms with Gasteiger partial charge >= 0.3 is 0 Å². The molecule has 2 rings (SSSR count). The van der Waals surface area contributed by atoms with Crippen LogP contribution in [0.2, 0.25) is 0 Å². The molecule has 7 nitrogen and oxygen atoms in total. The second-order valence-corrected chi connectivity index (χ2v) is 5.98. The number of Topliss-reactive ketones (excluding diaryl/α,β-unsaturated/α-hetero) is 1. The summed E-state index contributed by atoms with van der Waals surface area (Å²) in [5, 5.41) is 3.32. The largest absolute Gasteiger partial charge is 0.493 e. The van der Waals surface area contributed by atoms with Gasteiger partial charge in [-0.25, -0.2) is 9.97 Å². The molecule has 0 saturated carbocycles. The van der Waals surface area contributed by atoms with E-state index in [1.807, 2.05) is 32.0 Å². The Morgan fingerprint density at radius 2 is 2.00 bits per heavy atom. The van der Waals surface area contributed by atoms with Gasteiger partial charge in [-0.15, -0.1) is 0 Å². The zero-order chi connectivity index (χ0) is 18.9. The molecule has 26 heavy (non-hydrogen) atoms. The Balaban J connectivity index is 1.96. The van der Waals surface area contributed by atoms with Gasteiger partial charge in [-0.2, -0.15) is 0 Å². The van der Waals surface area contributed by atoms with E-state index < -0.39 is 0 Å². The maximum atomic E-state index is 11.2. The van der Waals surface area contributed by atoms with Crippen molar-refractivity contribution in [2.24, 2.45) is 0 Å². The van der Waals surface area contributed by atoms with Gasteiger partial charge in [-0.05, 0) is 31.5 Å². The normalized spacial score (nSPS) is 10.8. The van der Waals surface area contributed by atoms with Crippen LogP contribution < -0.4 is 14.8 Å². The third-order valence-corrected chi connectivity index (χ3v) is 3.49. The number of ketones is 1. The van der Waals surface area contributed by atoms with Crippen molar-refractivity contribution in [2.45, 2.75) is 33.4 Å². The minimum Gasteiger partial charge on any atom is -0.493 e. The molecule has 7 heteroatoms. The summed E-state index contributed by atoms with van der Waals surface area (Å²) in [5.41, 5.74) is 1.36. The van der Waals surface area contributed by atoms with E-state index in [0.717, 1.165) is 12.1 Å². The molecule has 2 aromatic rings. The quantitative estimate of drug-likeness (QED) is 0.516. The van der Waals surface area contributed by atoms with E-state index in [0.29, 0.717) is 36.2 Å². The number of nitrogens with zero attached hydrogens (tertiary/aromatic N) is 2. The van der Waals surface area contributed by atoms with E-state index in [1.165, 1.54) is 19.3 Å².